The van der Waals surface area contributed by atoms with Crippen LogP contribution >= 0.6 is 0 Å². The third kappa shape index (κ3) is 3.80. The van der Waals surface area contributed by atoms with Crippen molar-refractivity contribution in [2.45, 2.75) is 45.4 Å². The van der Waals surface area contributed by atoms with Crippen LogP contribution in [0.2, 0.25) is 0 Å². The van der Waals surface area contributed by atoms with Crippen LogP contribution in [0.4, 0.5) is 0 Å². The van der Waals surface area contributed by atoms with Crippen molar-refractivity contribution in [3.8, 4) is 6.07 Å². The summed E-state index contributed by atoms with van der Waals surface area (Å²) in [6.45, 7) is 7.37. The van der Waals surface area contributed by atoms with Crippen LogP contribution in [0.1, 0.15) is 34.1 Å². The average molecular weight is 232 g/mol. The molecule has 0 saturated carbocycles. The third-order valence-electron chi connectivity index (χ3n) is 2.46. The van der Waals surface area contributed by atoms with Crippen LogP contribution in [0.15, 0.2) is 0 Å². The van der Waals surface area contributed by atoms with E-state index in [0.717, 1.165) is 6.42 Å². The van der Waals surface area contributed by atoms with Gasteiger partial charge in [0.2, 0.25) is 10.0 Å². The molecule has 0 saturated heterocycles. The van der Waals surface area contributed by atoms with Crippen molar-refractivity contribution >= 4 is 10.0 Å². The summed E-state index contributed by atoms with van der Waals surface area (Å²) in [6.07, 6.45) is 0.799. The molecule has 0 bridgehead atoms. The van der Waals surface area contributed by atoms with Gasteiger partial charge in [-0.3, -0.25) is 0 Å². The quantitative estimate of drug-likeness (QED) is 0.723. The lowest BCUT2D eigenvalue weighted by molar-refractivity contribution is 0.336. The summed E-state index contributed by atoms with van der Waals surface area (Å²) in [4.78, 5) is 0. The summed E-state index contributed by atoms with van der Waals surface area (Å²) in [5.74, 6) is 0.440. The maximum Gasteiger partial charge on any atom is 0.230 e. The van der Waals surface area contributed by atoms with Crippen LogP contribution < -0.4 is 0 Å². The molecule has 5 heteroatoms. The van der Waals surface area contributed by atoms with Gasteiger partial charge in [-0.15, -0.1) is 0 Å². The largest absolute Gasteiger partial charge is 0.230 e. The molecule has 0 spiro atoms. The Kier molecular flexibility index (Phi) is 5.26. The molecule has 0 aliphatic heterocycles. The van der Waals surface area contributed by atoms with E-state index in [1.165, 1.54) is 18.3 Å². The molecular formula is C10H20N2O2S. The Morgan fingerprint density at radius 2 is 1.73 bits per heavy atom. The van der Waals surface area contributed by atoms with Gasteiger partial charge in [0, 0.05) is 13.1 Å². The predicted octanol–water partition coefficient (Wildman–Crippen LogP) is 1.59. The smallest absolute Gasteiger partial charge is 0.211 e. The minimum atomic E-state index is -3.46. The Hall–Kier alpha value is -0.600. The van der Waals surface area contributed by atoms with Gasteiger partial charge in [0.15, 0.2) is 5.25 Å². The minimum Gasteiger partial charge on any atom is -0.211 e. The Morgan fingerprint density at radius 3 is 2.07 bits per heavy atom. The van der Waals surface area contributed by atoms with Crippen molar-refractivity contribution in [2.75, 3.05) is 7.05 Å². The number of hydrogen-bond donors (Lipinski definition) is 0. The maximum atomic E-state index is 11.8. The third-order valence-corrected chi connectivity index (χ3v) is 4.62. The van der Waals surface area contributed by atoms with Crippen molar-refractivity contribution < 1.29 is 8.42 Å². The van der Waals surface area contributed by atoms with Gasteiger partial charge in [-0.05, 0) is 26.2 Å². The van der Waals surface area contributed by atoms with E-state index in [1.54, 1.807) is 6.07 Å². The van der Waals surface area contributed by atoms with Crippen molar-refractivity contribution in [3.05, 3.63) is 0 Å². The van der Waals surface area contributed by atoms with Crippen molar-refractivity contribution in [2.24, 2.45) is 5.92 Å². The monoisotopic (exact) mass is 232 g/mol. The molecule has 0 N–H and O–H groups in total. The second-order valence-corrected chi connectivity index (χ2v) is 6.62. The molecule has 2 atom stereocenters. The van der Waals surface area contributed by atoms with Crippen LogP contribution in [0.3, 0.4) is 0 Å². The van der Waals surface area contributed by atoms with E-state index >= 15 is 0 Å². The lowest BCUT2D eigenvalue weighted by Crippen LogP contribution is -2.40. The lowest BCUT2D eigenvalue weighted by atomic mass is 10.1. The summed E-state index contributed by atoms with van der Waals surface area (Å²) in [7, 11) is -1.92. The summed E-state index contributed by atoms with van der Waals surface area (Å²) < 4.78 is 24.9. The number of sulfonamides is 1. The Labute approximate surface area is 92.9 Å². The number of nitriles is 1. The minimum absolute atomic E-state index is 0.0641. The molecule has 88 valence electrons. The maximum absolute atomic E-state index is 11.8. The summed E-state index contributed by atoms with van der Waals surface area (Å²) in [5.41, 5.74) is 0. The van der Waals surface area contributed by atoms with Gasteiger partial charge in [-0.1, -0.05) is 13.8 Å². The zero-order valence-electron chi connectivity index (χ0n) is 10.1. The molecule has 0 amide bonds. The fraction of sp³-hybridized carbons (Fsp3) is 0.900. The highest BCUT2D eigenvalue weighted by molar-refractivity contribution is 7.89. The van der Waals surface area contributed by atoms with Crippen molar-refractivity contribution in [1.29, 1.82) is 5.26 Å². The van der Waals surface area contributed by atoms with E-state index < -0.39 is 15.3 Å². The molecule has 0 fully saturated rings. The van der Waals surface area contributed by atoms with Crippen LogP contribution in [-0.2, 0) is 10.0 Å². The normalized spacial score (nSPS) is 16.4. The highest BCUT2D eigenvalue weighted by Crippen LogP contribution is 2.15. The van der Waals surface area contributed by atoms with E-state index in [4.69, 9.17) is 5.26 Å². The SMILES string of the molecule is CC(C)CC(C)N(C)S(=O)(=O)C(C)C#N. The van der Waals surface area contributed by atoms with Crippen molar-refractivity contribution in [3.63, 3.8) is 0 Å². The van der Waals surface area contributed by atoms with E-state index in [-0.39, 0.29) is 6.04 Å². The topological polar surface area (TPSA) is 61.2 Å². The van der Waals surface area contributed by atoms with E-state index in [2.05, 4.69) is 0 Å². The van der Waals surface area contributed by atoms with Gasteiger partial charge in [0.25, 0.3) is 0 Å². The number of hydrogen-bond acceptors (Lipinski definition) is 3. The van der Waals surface area contributed by atoms with E-state index in [0.29, 0.717) is 5.92 Å². The van der Waals surface area contributed by atoms with Gasteiger partial charge < -0.3 is 0 Å². The Morgan fingerprint density at radius 1 is 1.27 bits per heavy atom. The molecule has 0 aromatic carbocycles. The molecule has 15 heavy (non-hydrogen) atoms. The molecule has 4 nitrogen and oxygen atoms in total. The molecule has 0 aromatic heterocycles. The molecule has 0 aromatic rings. The fourth-order valence-corrected chi connectivity index (χ4v) is 2.62. The number of rotatable bonds is 5. The molecule has 0 aliphatic rings. The van der Waals surface area contributed by atoms with Gasteiger partial charge >= 0.3 is 0 Å². The molecule has 0 aliphatic carbocycles. The Bertz CT molecular complexity index is 330. The zero-order valence-corrected chi connectivity index (χ0v) is 10.9. The second-order valence-electron chi connectivity index (χ2n) is 4.31. The molecule has 0 rings (SSSR count). The number of nitrogens with zero attached hydrogens (tertiary/aromatic N) is 2. The van der Waals surface area contributed by atoms with Gasteiger partial charge in [-0.25, -0.2) is 12.7 Å². The van der Waals surface area contributed by atoms with Gasteiger partial charge in [0.05, 0.1) is 6.07 Å². The fourth-order valence-electron chi connectivity index (χ4n) is 1.40. The Balaban J connectivity index is 4.72. The first kappa shape index (κ1) is 14.4. The predicted molar refractivity (Wildman–Crippen MR) is 60.7 cm³/mol. The van der Waals surface area contributed by atoms with Crippen molar-refractivity contribution in [1.82, 2.24) is 4.31 Å². The average Bonchev–Trinajstić information content (AvgIpc) is 2.13. The summed E-state index contributed by atoms with van der Waals surface area (Å²) in [5, 5.41) is 7.65. The van der Waals surface area contributed by atoms with Crippen LogP contribution in [0, 0.1) is 17.2 Å². The molecular weight excluding hydrogens is 212 g/mol. The first-order valence-corrected chi connectivity index (χ1v) is 6.60. The van der Waals surface area contributed by atoms with E-state index in [1.807, 2.05) is 20.8 Å². The lowest BCUT2D eigenvalue weighted by Gasteiger charge is -2.26. The first-order chi connectivity index (χ1) is 6.73. The van der Waals surface area contributed by atoms with Crippen LogP contribution in [0.5, 0.6) is 0 Å². The summed E-state index contributed by atoms with van der Waals surface area (Å²) >= 11 is 0. The standard InChI is InChI=1S/C10H20N2O2S/c1-8(2)6-9(3)12(5)15(13,14)10(4)7-11/h8-10H,6H2,1-5H3. The second kappa shape index (κ2) is 5.47. The van der Waals surface area contributed by atoms with Crippen LogP contribution in [0.25, 0.3) is 0 Å². The van der Waals surface area contributed by atoms with Crippen LogP contribution in [-0.4, -0.2) is 31.1 Å². The highest BCUT2D eigenvalue weighted by atomic mass is 32.2. The zero-order chi connectivity index (χ0) is 12.2. The van der Waals surface area contributed by atoms with Gasteiger partial charge in [-0.2, -0.15) is 5.26 Å². The molecule has 0 heterocycles. The first-order valence-electron chi connectivity index (χ1n) is 5.10. The molecule has 0 radical (unpaired) electrons. The molecule has 2 unspecified atom stereocenters. The summed E-state index contributed by atoms with van der Waals surface area (Å²) in [6, 6.07) is 1.70. The van der Waals surface area contributed by atoms with E-state index in [9.17, 15) is 8.42 Å². The highest BCUT2D eigenvalue weighted by Gasteiger charge is 2.29. The van der Waals surface area contributed by atoms with Gasteiger partial charge in [0.1, 0.15) is 0 Å².